The zero-order valence-corrected chi connectivity index (χ0v) is 21.8. The molecule has 3 aromatic heterocycles. The predicted octanol–water partition coefficient (Wildman–Crippen LogP) is 5.97. The Balaban J connectivity index is 1.36. The number of likely N-dealkylation sites (tertiary alicyclic amines) is 1. The minimum atomic E-state index is -1.07. The number of rotatable bonds is 5. The molecule has 4 aromatic rings. The van der Waals surface area contributed by atoms with E-state index in [-0.39, 0.29) is 17.5 Å². The first kappa shape index (κ1) is 25.2. The van der Waals surface area contributed by atoms with Crippen molar-refractivity contribution in [2.24, 2.45) is 0 Å². The number of carbonyl (C=O) groups excluding carboxylic acids is 1. The molecule has 0 radical (unpaired) electrons. The first-order valence-corrected chi connectivity index (χ1v) is 13.6. The van der Waals surface area contributed by atoms with Gasteiger partial charge >= 0.3 is 5.97 Å². The number of carboxylic acids is 1. The van der Waals surface area contributed by atoms with Gasteiger partial charge in [-0.15, -0.1) is 0 Å². The van der Waals surface area contributed by atoms with Crippen molar-refractivity contribution in [1.29, 1.82) is 0 Å². The molecule has 1 N–H and O–H groups in total. The van der Waals surface area contributed by atoms with Crippen molar-refractivity contribution in [3.8, 4) is 22.5 Å². The topological polar surface area (TPSA) is 101 Å². The van der Waals surface area contributed by atoms with E-state index < -0.39 is 11.8 Å². The lowest BCUT2D eigenvalue weighted by Gasteiger charge is -2.29. The van der Waals surface area contributed by atoms with Crippen molar-refractivity contribution < 1.29 is 19.1 Å². The summed E-state index contributed by atoms with van der Waals surface area (Å²) in [6.45, 7) is 2.84. The van der Waals surface area contributed by atoms with Crippen molar-refractivity contribution in [3.05, 3.63) is 71.4 Å². The van der Waals surface area contributed by atoms with Crippen molar-refractivity contribution in [2.75, 3.05) is 6.54 Å². The third-order valence-corrected chi connectivity index (χ3v) is 8.06. The number of carbonyl (C=O) groups is 2. The maximum atomic E-state index is 15.4. The Morgan fingerprint density at radius 1 is 0.974 bits per heavy atom. The van der Waals surface area contributed by atoms with Crippen LogP contribution in [-0.2, 0) is 0 Å². The van der Waals surface area contributed by atoms with Gasteiger partial charge in [-0.05, 0) is 62.9 Å². The Morgan fingerprint density at radius 3 is 2.51 bits per heavy atom. The number of aromatic nitrogens is 4. The van der Waals surface area contributed by atoms with Gasteiger partial charge in [-0.25, -0.2) is 18.7 Å². The molecule has 2 fully saturated rings. The van der Waals surface area contributed by atoms with Crippen molar-refractivity contribution in [3.63, 3.8) is 0 Å². The molecule has 0 bridgehead atoms. The molecule has 1 aliphatic heterocycles. The normalized spacial score (nSPS) is 18.1. The standard InChI is InChI=1S/C30H30FN5O3/c1-18-6-3-2-4-13-35(18)29(37)26-15-27(19-7-5-8-19)36-28(33-26)16-25(34-36)22-11-9-20(14-23(22)31)24-12-10-21(17-32-24)30(38)39/h9-12,14-19H,2-8,13H2,1H3,(H,38,39)/t18-/m1/s1. The van der Waals surface area contributed by atoms with E-state index in [1.807, 2.05) is 11.0 Å². The second-order valence-electron chi connectivity index (χ2n) is 10.6. The molecule has 0 unspecified atom stereocenters. The van der Waals surface area contributed by atoms with Crippen molar-refractivity contribution in [2.45, 2.75) is 63.8 Å². The summed E-state index contributed by atoms with van der Waals surface area (Å²) in [6.07, 6.45) is 8.70. The maximum absolute atomic E-state index is 15.4. The Hall–Kier alpha value is -4.14. The van der Waals surface area contributed by atoms with Gasteiger partial charge in [0, 0.05) is 47.6 Å². The van der Waals surface area contributed by atoms with Crippen LogP contribution in [0.5, 0.6) is 0 Å². The summed E-state index contributed by atoms with van der Waals surface area (Å²) in [4.78, 5) is 35.5. The lowest BCUT2D eigenvalue weighted by Crippen LogP contribution is -2.38. The zero-order valence-electron chi connectivity index (χ0n) is 21.8. The highest BCUT2D eigenvalue weighted by Gasteiger charge is 2.29. The fourth-order valence-electron chi connectivity index (χ4n) is 5.53. The summed E-state index contributed by atoms with van der Waals surface area (Å²) in [5, 5.41) is 13.8. The first-order chi connectivity index (χ1) is 18.9. The molecule has 8 nitrogen and oxygen atoms in total. The van der Waals surface area contributed by atoms with Crippen LogP contribution < -0.4 is 0 Å². The molecule has 9 heteroatoms. The van der Waals surface area contributed by atoms with Crippen molar-refractivity contribution >= 4 is 17.5 Å². The molecule has 6 rings (SSSR count). The van der Waals surface area contributed by atoms with Crippen LogP contribution >= 0.6 is 0 Å². The number of aromatic carboxylic acids is 1. The molecule has 1 amide bonds. The van der Waals surface area contributed by atoms with E-state index in [0.29, 0.717) is 39.8 Å². The number of hydrogen-bond acceptors (Lipinski definition) is 5. The number of benzene rings is 1. The van der Waals surface area contributed by atoms with Gasteiger partial charge in [-0.2, -0.15) is 5.10 Å². The maximum Gasteiger partial charge on any atom is 0.337 e. The molecule has 1 saturated heterocycles. The average Bonchev–Trinajstić information content (AvgIpc) is 3.21. The third kappa shape index (κ3) is 4.77. The number of halogens is 1. The lowest BCUT2D eigenvalue weighted by atomic mass is 9.82. The second-order valence-corrected chi connectivity index (χ2v) is 10.6. The van der Waals surface area contributed by atoms with E-state index >= 15 is 4.39 Å². The summed E-state index contributed by atoms with van der Waals surface area (Å²) in [5.74, 6) is -1.29. The smallest absolute Gasteiger partial charge is 0.337 e. The number of hydrogen-bond donors (Lipinski definition) is 1. The molecular weight excluding hydrogens is 497 g/mol. The summed E-state index contributed by atoms with van der Waals surface area (Å²) < 4.78 is 17.1. The van der Waals surface area contributed by atoms with Crippen LogP contribution in [0.1, 0.15) is 84.3 Å². The van der Waals surface area contributed by atoms with Gasteiger partial charge < -0.3 is 10.0 Å². The minimum Gasteiger partial charge on any atom is -0.478 e. The van der Waals surface area contributed by atoms with Crippen LogP contribution in [0.15, 0.2) is 48.7 Å². The number of carboxylic acid groups (broad SMARTS) is 1. The molecule has 200 valence electrons. The fourth-order valence-corrected chi connectivity index (χ4v) is 5.53. The molecule has 0 spiro atoms. The molecular formula is C30H30FN5O3. The molecule has 1 saturated carbocycles. The summed E-state index contributed by atoms with van der Waals surface area (Å²) in [6, 6.07) is 11.6. The Morgan fingerprint density at radius 2 is 1.82 bits per heavy atom. The van der Waals surface area contributed by atoms with Crippen LogP contribution in [-0.4, -0.2) is 54.1 Å². The average molecular weight is 528 g/mol. The van der Waals surface area contributed by atoms with E-state index in [2.05, 4.69) is 11.9 Å². The molecule has 1 aromatic carbocycles. The Labute approximate surface area is 225 Å². The molecule has 2 aliphatic rings. The van der Waals surface area contributed by atoms with Gasteiger partial charge in [-0.3, -0.25) is 9.78 Å². The fraction of sp³-hybridized carbons (Fsp3) is 0.367. The van der Waals surface area contributed by atoms with Crippen LogP contribution in [0.2, 0.25) is 0 Å². The number of amides is 1. The zero-order chi connectivity index (χ0) is 27.1. The van der Waals surface area contributed by atoms with Crippen molar-refractivity contribution in [1.82, 2.24) is 24.5 Å². The van der Waals surface area contributed by atoms with Crippen LogP contribution in [0.3, 0.4) is 0 Å². The van der Waals surface area contributed by atoms with Gasteiger partial charge in [-0.1, -0.05) is 25.3 Å². The monoisotopic (exact) mass is 527 g/mol. The highest BCUT2D eigenvalue weighted by Crippen LogP contribution is 2.37. The number of nitrogens with zero attached hydrogens (tertiary/aromatic N) is 5. The number of fused-ring (bicyclic) bond motifs is 1. The number of pyridine rings is 1. The minimum absolute atomic E-state index is 0.0489. The highest BCUT2D eigenvalue weighted by atomic mass is 19.1. The van der Waals surface area contributed by atoms with Gasteiger partial charge in [0.1, 0.15) is 11.5 Å². The Bertz CT molecular complexity index is 1560. The van der Waals surface area contributed by atoms with E-state index in [1.165, 1.54) is 18.3 Å². The first-order valence-electron chi connectivity index (χ1n) is 13.6. The Kier molecular flexibility index (Phi) is 6.58. The van der Waals surface area contributed by atoms with E-state index in [9.17, 15) is 9.59 Å². The summed E-state index contributed by atoms with van der Waals surface area (Å²) >= 11 is 0. The van der Waals surface area contributed by atoms with E-state index in [1.54, 1.807) is 28.8 Å². The second kappa shape index (κ2) is 10.2. The van der Waals surface area contributed by atoms with Crippen LogP contribution in [0, 0.1) is 5.82 Å². The third-order valence-electron chi connectivity index (χ3n) is 8.06. The molecule has 1 aliphatic carbocycles. The van der Waals surface area contributed by atoms with E-state index in [0.717, 1.165) is 57.2 Å². The largest absolute Gasteiger partial charge is 0.478 e. The lowest BCUT2D eigenvalue weighted by molar-refractivity contribution is 0.0684. The summed E-state index contributed by atoms with van der Waals surface area (Å²) in [5.41, 5.74) is 3.74. The molecule has 1 atom stereocenters. The van der Waals surface area contributed by atoms with Crippen LogP contribution in [0.4, 0.5) is 4.39 Å². The SMILES string of the molecule is C[C@@H]1CCCCCN1C(=O)c1cc(C2CCC2)n2nc(-c3ccc(-c4ccc(C(=O)O)cn4)cc3F)cc2n1. The van der Waals surface area contributed by atoms with Gasteiger partial charge in [0.05, 0.1) is 17.0 Å². The van der Waals surface area contributed by atoms with Gasteiger partial charge in [0.15, 0.2) is 5.65 Å². The summed E-state index contributed by atoms with van der Waals surface area (Å²) in [7, 11) is 0. The molecule has 39 heavy (non-hydrogen) atoms. The molecule has 4 heterocycles. The predicted molar refractivity (Wildman–Crippen MR) is 144 cm³/mol. The van der Waals surface area contributed by atoms with Gasteiger partial charge in [0.2, 0.25) is 0 Å². The van der Waals surface area contributed by atoms with Gasteiger partial charge in [0.25, 0.3) is 5.91 Å². The van der Waals surface area contributed by atoms with Crippen LogP contribution in [0.25, 0.3) is 28.2 Å². The quantitative estimate of drug-likeness (QED) is 0.343. The highest BCUT2D eigenvalue weighted by molar-refractivity contribution is 5.93. The van der Waals surface area contributed by atoms with E-state index in [4.69, 9.17) is 15.2 Å².